The topological polar surface area (TPSA) is 24.1 Å². The summed E-state index contributed by atoms with van der Waals surface area (Å²) in [4.78, 5) is 0. The average Bonchev–Trinajstić information content (AvgIpc) is 2.96. The lowest BCUT2D eigenvalue weighted by atomic mass is 10.0. The molecule has 0 radical (unpaired) electrons. The van der Waals surface area contributed by atoms with Gasteiger partial charge in [-0.1, -0.05) is 38.5 Å². The second kappa shape index (κ2) is 7.20. The molecule has 2 nitrogen and oxygen atoms in total. The van der Waals surface area contributed by atoms with Gasteiger partial charge in [-0.25, -0.2) is 0 Å². The molecular weight excluding hydrogens is 228 g/mol. The Kier molecular flexibility index (Phi) is 5.56. The molecule has 0 aromatic carbocycles. The zero-order valence-electron chi connectivity index (χ0n) is 10.8. The average molecular weight is 254 g/mol. The van der Waals surface area contributed by atoms with Gasteiger partial charge in [-0.2, -0.15) is 0 Å². The largest absolute Gasteiger partial charge is 0.363 e. The molecule has 0 aliphatic heterocycles. The van der Waals surface area contributed by atoms with Crippen LogP contribution in [0.15, 0.2) is 0 Å². The van der Waals surface area contributed by atoms with Crippen molar-refractivity contribution >= 4 is 17.3 Å². The minimum absolute atomic E-state index is 0.643. The molecular formula is C14H26N2S. The van der Waals surface area contributed by atoms with E-state index in [1.54, 1.807) is 0 Å². The van der Waals surface area contributed by atoms with Gasteiger partial charge in [0.15, 0.2) is 5.11 Å². The molecule has 2 N–H and O–H groups in total. The van der Waals surface area contributed by atoms with Gasteiger partial charge in [-0.15, -0.1) is 0 Å². The fourth-order valence-corrected chi connectivity index (χ4v) is 3.47. The van der Waals surface area contributed by atoms with E-state index in [-0.39, 0.29) is 0 Å². The van der Waals surface area contributed by atoms with Gasteiger partial charge in [0.2, 0.25) is 0 Å². The monoisotopic (exact) mass is 254 g/mol. The summed E-state index contributed by atoms with van der Waals surface area (Å²) in [6, 6.07) is 0.643. The maximum Gasteiger partial charge on any atom is 0.166 e. The molecule has 17 heavy (non-hydrogen) atoms. The molecule has 2 saturated carbocycles. The summed E-state index contributed by atoms with van der Waals surface area (Å²) >= 11 is 5.32. The highest BCUT2D eigenvalue weighted by Crippen LogP contribution is 2.28. The van der Waals surface area contributed by atoms with Crippen LogP contribution in [-0.2, 0) is 0 Å². The van der Waals surface area contributed by atoms with Crippen molar-refractivity contribution in [3.8, 4) is 0 Å². The van der Waals surface area contributed by atoms with Gasteiger partial charge in [0, 0.05) is 12.6 Å². The van der Waals surface area contributed by atoms with Gasteiger partial charge in [-0.05, 0) is 43.8 Å². The van der Waals surface area contributed by atoms with E-state index in [0.29, 0.717) is 6.04 Å². The van der Waals surface area contributed by atoms with Crippen LogP contribution in [-0.4, -0.2) is 17.7 Å². The summed E-state index contributed by atoms with van der Waals surface area (Å²) in [5.74, 6) is 1.01. The van der Waals surface area contributed by atoms with Gasteiger partial charge >= 0.3 is 0 Å². The molecule has 0 aromatic heterocycles. The summed E-state index contributed by atoms with van der Waals surface area (Å²) in [6.07, 6.45) is 13.8. The van der Waals surface area contributed by atoms with Crippen molar-refractivity contribution in [3.63, 3.8) is 0 Å². The van der Waals surface area contributed by atoms with E-state index in [4.69, 9.17) is 12.2 Å². The van der Waals surface area contributed by atoms with Crippen molar-refractivity contribution in [1.29, 1.82) is 0 Å². The Labute approximate surface area is 111 Å². The highest BCUT2D eigenvalue weighted by atomic mass is 32.1. The van der Waals surface area contributed by atoms with E-state index in [1.165, 1.54) is 64.2 Å². The van der Waals surface area contributed by atoms with Crippen LogP contribution in [0.25, 0.3) is 0 Å². The van der Waals surface area contributed by atoms with Gasteiger partial charge < -0.3 is 10.6 Å². The highest BCUT2D eigenvalue weighted by molar-refractivity contribution is 7.80. The SMILES string of the molecule is S=C(NCCCC1CCCC1)NC1CCCC1. The lowest BCUT2D eigenvalue weighted by Gasteiger charge is -2.16. The first-order valence-electron chi connectivity index (χ1n) is 7.39. The molecule has 0 bridgehead atoms. The maximum atomic E-state index is 5.32. The van der Waals surface area contributed by atoms with Crippen LogP contribution in [0.4, 0.5) is 0 Å². The number of hydrogen-bond acceptors (Lipinski definition) is 1. The van der Waals surface area contributed by atoms with Crippen molar-refractivity contribution in [3.05, 3.63) is 0 Å². The quantitative estimate of drug-likeness (QED) is 0.581. The van der Waals surface area contributed by atoms with E-state index < -0.39 is 0 Å². The summed E-state index contributed by atoms with van der Waals surface area (Å²) in [5, 5.41) is 7.66. The van der Waals surface area contributed by atoms with Crippen molar-refractivity contribution < 1.29 is 0 Å². The van der Waals surface area contributed by atoms with E-state index in [1.807, 2.05) is 0 Å². The third-order valence-electron chi connectivity index (χ3n) is 4.24. The molecule has 2 fully saturated rings. The molecule has 2 rings (SSSR count). The van der Waals surface area contributed by atoms with E-state index in [9.17, 15) is 0 Å². The minimum Gasteiger partial charge on any atom is -0.363 e. The molecule has 0 spiro atoms. The highest BCUT2D eigenvalue weighted by Gasteiger charge is 2.16. The number of hydrogen-bond donors (Lipinski definition) is 2. The van der Waals surface area contributed by atoms with E-state index in [2.05, 4.69) is 10.6 Å². The molecule has 3 heteroatoms. The zero-order chi connectivity index (χ0) is 11.9. The molecule has 0 heterocycles. The lowest BCUT2D eigenvalue weighted by molar-refractivity contribution is 0.481. The van der Waals surface area contributed by atoms with E-state index >= 15 is 0 Å². The van der Waals surface area contributed by atoms with Gasteiger partial charge in [0.25, 0.3) is 0 Å². The van der Waals surface area contributed by atoms with Crippen LogP contribution >= 0.6 is 12.2 Å². The minimum atomic E-state index is 0.643. The Hall–Kier alpha value is -0.310. The zero-order valence-corrected chi connectivity index (χ0v) is 11.7. The molecule has 2 aliphatic rings. The predicted molar refractivity (Wildman–Crippen MR) is 77.2 cm³/mol. The Balaban J connectivity index is 1.47. The van der Waals surface area contributed by atoms with Crippen molar-refractivity contribution in [2.75, 3.05) is 6.54 Å². The number of rotatable bonds is 5. The fraction of sp³-hybridized carbons (Fsp3) is 0.929. The molecule has 0 aromatic rings. The smallest absolute Gasteiger partial charge is 0.166 e. The van der Waals surface area contributed by atoms with Crippen LogP contribution in [0.3, 0.4) is 0 Å². The maximum absolute atomic E-state index is 5.32. The molecule has 0 atom stereocenters. The fourth-order valence-electron chi connectivity index (χ4n) is 3.20. The first-order valence-corrected chi connectivity index (χ1v) is 7.80. The second-order valence-corrected chi connectivity index (χ2v) is 6.08. The number of nitrogens with one attached hydrogen (secondary N) is 2. The first kappa shape index (κ1) is 13.1. The second-order valence-electron chi connectivity index (χ2n) is 5.67. The Morgan fingerprint density at radius 3 is 2.35 bits per heavy atom. The van der Waals surface area contributed by atoms with Gasteiger partial charge in [0.1, 0.15) is 0 Å². The summed E-state index contributed by atoms with van der Waals surface area (Å²) < 4.78 is 0. The van der Waals surface area contributed by atoms with Crippen LogP contribution in [0, 0.1) is 5.92 Å². The Morgan fingerprint density at radius 2 is 1.65 bits per heavy atom. The standard InChI is InChI=1S/C14H26N2S/c17-14(16-13-9-3-4-10-13)15-11-5-8-12-6-1-2-7-12/h12-13H,1-11H2,(H2,15,16,17). The normalized spacial score (nSPS) is 21.9. The Bertz CT molecular complexity index is 230. The summed E-state index contributed by atoms with van der Waals surface area (Å²) in [6.45, 7) is 1.05. The summed E-state index contributed by atoms with van der Waals surface area (Å²) in [5.41, 5.74) is 0. The first-order chi connectivity index (χ1) is 8.34. The third-order valence-corrected chi connectivity index (χ3v) is 4.50. The lowest BCUT2D eigenvalue weighted by Crippen LogP contribution is -2.41. The summed E-state index contributed by atoms with van der Waals surface area (Å²) in [7, 11) is 0. The number of thiocarbonyl (C=S) groups is 1. The molecule has 2 aliphatic carbocycles. The van der Waals surface area contributed by atoms with Crippen LogP contribution < -0.4 is 10.6 Å². The van der Waals surface area contributed by atoms with Crippen LogP contribution in [0.2, 0.25) is 0 Å². The molecule has 0 unspecified atom stereocenters. The Morgan fingerprint density at radius 1 is 1.00 bits per heavy atom. The van der Waals surface area contributed by atoms with Crippen molar-refractivity contribution in [1.82, 2.24) is 10.6 Å². The van der Waals surface area contributed by atoms with Crippen molar-refractivity contribution in [2.45, 2.75) is 70.3 Å². The molecule has 0 saturated heterocycles. The van der Waals surface area contributed by atoms with Crippen molar-refractivity contribution in [2.24, 2.45) is 5.92 Å². The molecule has 0 amide bonds. The van der Waals surface area contributed by atoms with E-state index in [0.717, 1.165) is 17.6 Å². The van der Waals surface area contributed by atoms with Gasteiger partial charge in [0.05, 0.1) is 0 Å². The van der Waals surface area contributed by atoms with Crippen LogP contribution in [0.5, 0.6) is 0 Å². The third kappa shape index (κ3) is 4.82. The molecule has 98 valence electrons. The van der Waals surface area contributed by atoms with Crippen LogP contribution in [0.1, 0.15) is 64.2 Å². The van der Waals surface area contributed by atoms with Gasteiger partial charge in [-0.3, -0.25) is 0 Å². The predicted octanol–water partition coefficient (Wildman–Crippen LogP) is 3.36.